The van der Waals surface area contributed by atoms with Crippen molar-refractivity contribution in [1.82, 2.24) is 9.78 Å². The normalized spacial score (nSPS) is 10.8. The van der Waals surface area contributed by atoms with Crippen molar-refractivity contribution in [2.75, 3.05) is 5.32 Å². The first-order valence-corrected chi connectivity index (χ1v) is 6.76. The molecular weight excluding hydrogens is 338 g/mol. The predicted molar refractivity (Wildman–Crippen MR) is 82.0 cm³/mol. The zero-order chi connectivity index (χ0) is 15.4. The van der Waals surface area contributed by atoms with E-state index in [2.05, 4.69) is 26.3 Å². The highest BCUT2D eigenvalue weighted by atomic mass is 79.9. The van der Waals surface area contributed by atoms with Crippen molar-refractivity contribution in [3.05, 3.63) is 52.3 Å². The fraction of sp³-hybridized carbons (Fsp3) is 0.0714. The molecule has 0 saturated carbocycles. The van der Waals surface area contributed by atoms with E-state index in [9.17, 15) is 9.59 Å². The van der Waals surface area contributed by atoms with E-state index in [0.29, 0.717) is 10.2 Å². The molecule has 2 aromatic rings. The van der Waals surface area contributed by atoms with Gasteiger partial charge in [0.15, 0.2) is 0 Å². The summed E-state index contributed by atoms with van der Waals surface area (Å²) in [7, 11) is 1.77. The summed E-state index contributed by atoms with van der Waals surface area (Å²) in [6, 6.07) is 6.18. The van der Waals surface area contributed by atoms with E-state index in [4.69, 9.17) is 5.11 Å². The Labute approximate surface area is 129 Å². The first-order chi connectivity index (χ1) is 9.97. The Morgan fingerprint density at radius 2 is 2.14 bits per heavy atom. The number of nitrogens with one attached hydrogen (secondary N) is 1. The van der Waals surface area contributed by atoms with E-state index in [-0.39, 0.29) is 11.5 Å². The van der Waals surface area contributed by atoms with Gasteiger partial charge in [-0.3, -0.25) is 9.48 Å². The number of anilines is 1. The minimum absolute atomic E-state index is 0.101. The second kappa shape index (κ2) is 6.36. The Bertz CT molecular complexity index is 722. The van der Waals surface area contributed by atoms with Crippen LogP contribution in [0.1, 0.15) is 16.1 Å². The van der Waals surface area contributed by atoms with Gasteiger partial charge in [-0.05, 0) is 46.3 Å². The number of aromatic carboxylic acids is 1. The highest BCUT2D eigenvalue weighted by Crippen LogP contribution is 2.23. The fourth-order valence-electron chi connectivity index (χ4n) is 1.64. The molecule has 1 amide bonds. The Morgan fingerprint density at radius 1 is 1.38 bits per heavy atom. The molecule has 0 aliphatic carbocycles. The van der Waals surface area contributed by atoms with Gasteiger partial charge in [-0.2, -0.15) is 5.10 Å². The van der Waals surface area contributed by atoms with Crippen molar-refractivity contribution in [2.45, 2.75) is 0 Å². The molecule has 108 valence electrons. The number of carboxylic acids is 1. The number of amides is 1. The third kappa shape index (κ3) is 3.79. The number of nitrogens with zero attached hydrogens (tertiary/aromatic N) is 2. The van der Waals surface area contributed by atoms with Crippen LogP contribution in [0.15, 0.2) is 41.0 Å². The highest BCUT2D eigenvalue weighted by Gasteiger charge is 2.08. The predicted octanol–water partition coefficient (Wildman–Crippen LogP) is 2.53. The summed E-state index contributed by atoms with van der Waals surface area (Å²) in [6.45, 7) is 0. The summed E-state index contributed by atoms with van der Waals surface area (Å²) in [6.07, 6.45) is 4.61. The van der Waals surface area contributed by atoms with E-state index in [1.165, 1.54) is 18.2 Å². The first-order valence-electron chi connectivity index (χ1n) is 5.97. The van der Waals surface area contributed by atoms with Crippen LogP contribution < -0.4 is 5.32 Å². The number of rotatable bonds is 4. The molecule has 0 spiro atoms. The maximum Gasteiger partial charge on any atom is 0.335 e. The number of carbonyl (C=O) groups is 2. The van der Waals surface area contributed by atoms with Gasteiger partial charge < -0.3 is 10.4 Å². The maximum absolute atomic E-state index is 11.9. The SMILES string of the molecule is Cn1nccc1/C=C/C(=O)Nc1cc(C(=O)O)ccc1Br. The van der Waals surface area contributed by atoms with Crippen molar-refractivity contribution in [2.24, 2.45) is 7.05 Å². The molecule has 0 bridgehead atoms. The average molecular weight is 350 g/mol. The smallest absolute Gasteiger partial charge is 0.335 e. The molecule has 0 aliphatic heterocycles. The lowest BCUT2D eigenvalue weighted by molar-refractivity contribution is -0.111. The number of aryl methyl sites for hydroxylation is 1. The molecule has 0 unspecified atom stereocenters. The minimum Gasteiger partial charge on any atom is -0.478 e. The molecular formula is C14H12BrN3O3. The summed E-state index contributed by atoms with van der Waals surface area (Å²) in [5, 5.41) is 15.5. The number of hydrogen-bond acceptors (Lipinski definition) is 3. The number of aromatic nitrogens is 2. The molecule has 7 heteroatoms. The Hall–Kier alpha value is -2.41. The van der Waals surface area contributed by atoms with Gasteiger partial charge in [0.05, 0.1) is 16.9 Å². The molecule has 21 heavy (non-hydrogen) atoms. The number of benzene rings is 1. The van der Waals surface area contributed by atoms with Crippen molar-refractivity contribution >= 4 is 39.6 Å². The number of carboxylic acid groups (broad SMARTS) is 1. The molecule has 0 radical (unpaired) electrons. The monoisotopic (exact) mass is 349 g/mol. The van der Waals surface area contributed by atoms with E-state index in [1.54, 1.807) is 36.1 Å². The standard InChI is InChI=1S/C14H12BrN3O3/c1-18-10(6-7-16-18)3-5-13(19)17-12-8-9(14(20)21)2-4-11(12)15/h2-8H,1H3,(H,17,19)(H,20,21)/b5-3+. The lowest BCUT2D eigenvalue weighted by Gasteiger charge is -2.06. The van der Waals surface area contributed by atoms with Crippen LogP contribution in [-0.4, -0.2) is 26.8 Å². The van der Waals surface area contributed by atoms with Crippen LogP contribution in [0, 0.1) is 0 Å². The maximum atomic E-state index is 11.9. The third-order valence-electron chi connectivity index (χ3n) is 2.74. The largest absolute Gasteiger partial charge is 0.478 e. The zero-order valence-electron chi connectivity index (χ0n) is 11.1. The summed E-state index contributed by atoms with van der Waals surface area (Å²) < 4.78 is 2.24. The van der Waals surface area contributed by atoms with Crippen LogP contribution in [0.3, 0.4) is 0 Å². The summed E-state index contributed by atoms with van der Waals surface area (Å²) in [5.41, 5.74) is 1.28. The van der Waals surface area contributed by atoms with Crippen molar-refractivity contribution in [1.29, 1.82) is 0 Å². The molecule has 1 heterocycles. The van der Waals surface area contributed by atoms with Crippen LogP contribution in [0.2, 0.25) is 0 Å². The molecule has 0 atom stereocenters. The Balaban J connectivity index is 2.13. The van der Waals surface area contributed by atoms with Crippen LogP contribution in [0.5, 0.6) is 0 Å². The highest BCUT2D eigenvalue weighted by molar-refractivity contribution is 9.10. The van der Waals surface area contributed by atoms with Gasteiger partial charge >= 0.3 is 5.97 Å². The molecule has 6 nitrogen and oxygen atoms in total. The first kappa shape index (κ1) is 15.0. The third-order valence-corrected chi connectivity index (χ3v) is 3.43. The topological polar surface area (TPSA) is 84.2 Å². The van der Waals surface area contributed by atoms with Gasteiger partial charge in [0.25, 0.3) is 0 Å². The summed E-state index contributed by atoms with van der Waals surface area (Å²) in [4.78, 5) is 22.8. The second-order valence-corrected chi connectivity index (χ2v) is 5.06. The van der Waals surface area contributed by atoms with Crippen molar-refractivity contribution < 1.29 is 14.7 Å². The molecule has 0 saturated heterocycles. The minimum atomic E-state index is -1.05. The fourth-order valence-corrected chi connectivity index (χ4v) is 1.98. The van der Waals surface area contributed by atoms with E-state index in [1.807, 2.05) is 0 Å². The number of hydrogen-bond donors (Lipinski definition) is 2. The number of halogens is 1. The van der Waals surface area contributed by atoms with E-state index >= 15 is 0 Å². The lowest BCUT2D eigenvalue weighted by Crippen LogP contribution is -2.09. The van der Waals surface area contributed by atoms with E-state index < -0.39 is 5.97 Å². The van der Waals surface area contributed by atoms with Crippen LogP contribution in [0.4, 0.5) is 5.69 Å². The molecule has 0 aliphatic rings. The van der Waals surface area contributed by atoms with Gasteiger partial charge in [0, 0.05) is 23.8 Å². The van der Waals surface area contributed by atoms with Crippen molar-refractivity contribution in [3.8, 4) is 0 Å². The lowest BCUT2D eigenvalue weighted by atomic mass is 10.2. The van der Waals surface area contributed by atoms with Crippen molar-refractivity contribution in [3.63, 3.8) is 0 Å². The molecule has 1 aromatic carbocycles. The zero-order valence-corrected chi connectivity index (χ0v) is 12.7. The average Bonchev–Trinajstić information content (AvgIpc) is 2.84. The van der Waals surface area contributed by atoms with E-state index in [0.717, 1.165) is 5.69 Å². The summed E-state index contributed by atoms with van der Waals surface area (Å²) >= 11 is 3.26. The van der Waals surface area contributed by atoms with Crippen LogP contribution >= 0.6 is 15.9 Å². The Morgan fingerprint density at radius 3 is 2.76 bits per heavy atom. The van der Waals surface area contributed by atoms with Crippen LogP contribution in [0.25, 0.3) is 6.08 Å². The van der Waals surface area contributed by atoms with Gasteiger partial charge in [-0.15, -0.1) is 0 Å². The number of carbonyl (C=O) groups excluding carboxylic acids is 1. The molecule has 1 aromatic heterocycles. The van der Waals surface area contributed by atoms with Gasteiger partial charge in [-0.25, -0.2) is 4.79 Å². The molecule has 0 fully saturated rings. The van der Waals surface area contributed by atoms with Crippen LogP contribution in [-0.2, 0) is 11.8 Å². The van der Waals surface area contributed by atoms with Gasteiger partial charge in [-0.1, -0.05) is 0 Å². The quantitative estimate of drug-likeness (QED) is 0.830. The second-order valence-electron chi connectivity index (χ2n) is 4.20. The Kier molecular flexibility index (Phi) is 4.54. The van der Waals surface area contributed by atoms with Gasteiger partial charge in [0.2, 0.25) is 5.91 Å². The molecule has 2 N–H and O–H groups in total. The molecule has 2 rings (SSSR count). The summed E-state index contributed by atoms with van der Waals surface area (Å²) in [5.74, 6) is -1.41. The van der Waals surface area contributed by atoms with Gasteiger partial charge in [0.1, 0.15) is 0 Å².